The molecule has 2 aromatic rings. The summed E-state index contributed by atoms with van der Waals surface area (Å²) in [5.41, 5.74) is 1.51. The minimum Gasteiger partial charge on any atom is -0.481 e. The third-order valence-corrected chi connectivity index (χ3v) is 4.73. The van der Waals surface area contributed by atoms with E-state index in [4.69, 9.17) is 23.2 Å². The topological polar surface area (TPSA) is 66.0 Å². The van der Waals surface area contributed by atoms with Gasteiger partial charge < -0.3 is 10.1 Å². The van der Waals surface area contributed by atoms with E-state index in [-0.39, 0.29) is 11.8 Å². The van der Waals surface area contributed by atoms with Gasteiger partial charge in [-0.15, -0.1) is 0 Å². The molecule has 0 bridgehead atoms. The largest absolute Gasteiger partial charge is 0.481 e. The van der Waals surface area contributed by atoms with Crippen molar-refractivity contribution in [3.63, 3.8) is 0 Å². The van der Waals surface area contributed by atoms with Gasteiger partial charge in [-0.2, -0.15) is 0 Å². The highest BCUT2D eigenvalue weighted by molar-refractivity contribution is 6.42. The molecule has 1 fully saturated rings. The van der Waals surface area contributed by atoms with Crippen molar-refractivity contribution in [3.05, 3.63) is 28.0 Å². The van der Waals surface area contributed by atoms with Gasteiger partial charge in [0.2, 0.25) is 0 Å². The Kier molecular flexibility index (Phi) is 3.38. The first kappa shape index (κ1) is 13.7. The van der Waals surface area contributed by atoms with Gasteiger partial charge in [0.1, 0.15) is 5.82 Å². The molecule has 3 atom stereocenters. The van der Waals surface area contributed by atoms with E-state index >= 15 is 0 Å². The van der Waals surface area contributed by atoms with Crippen molar-refractivity contribution in [1.29, 1.82) is 0 Å². The summed E-state index contributed by atoms with van der Waals surface area (Å²) < 4.78 is 0. The number of rotatable bonds is 2. The van der Waals surface area contributed by atoms with Crippen LogP contribution < -0.4 is 0 Å². The molecule has 0 saturated heterocycles. The van der Waals surface area contributed by atoms with Gasteiger partial charge in [-0.05, 0) is 30.9 Å². The average Bonchev–Trinajstić information content (AvgIpc) is 2.93. The van der Waals surface area contributed by atoms with Crippen LogP contribution >= 0.6 is 23.2 Å². The smallest absolute Gasteiger partial charge is 0.307 e. The summed E-state index contributed by atoms with van der Waals surface area (Å²) in [5.74, 6) is -0.101. The van der Waals surface area contributed by atoms with Crippen molar-refractivity contribution in [3.8, 4) is 0 Å². The van der Waals surface area contributed by atoms with Crippen LogP contribution in [0.3, 0.4) is 0 Å². The molecular formula is C14H14Cl2N2O2. The fraction of sp³-hybridized carbons (Fsp3) is 0.429. The monoisotopic (exact) mass is 312 g/mol. The van der Waals surface area contributed by atoms with Gasteiger partial charge in [0.15, 0.2) is 0 Å². The molecule has 1 heterocycles. The van der Waals surface area contributed by atoms with Gasteiger partial charge in [0.25, 0.3) is 0 Å². The van der Waals surface area contributed by atoms with Crippen molar-refractivity contribution in [2.75, 3.05) is 0 Å². The number of carbonyl (C=O) groups is 1. The van der Waals surface area contributed by atoms with Crippen LogP contribution in [0.1, 0.15) is 31.5 Å². The molecule has 1 aliphatic carbocycles. The summed E-state index contributed by atoms with van der Waals surface area (Å²) in [6, 6.07) is 3.43. The Hall–Kier alpha value is -1.26. The summed E-state index contributed by atoms with van der Waals surface area (Å²) in [5, 5.41) is 10.3. The van der Waals surface area contributed by atoms with Crippen LogP contribution in [-0.2, 0) is 4.79 Å². The number of carboxylic acids is 1. The molecule has 2 N–H and O–H groups in total. The second-order valence-corrected chi connectivity index (χ2v) is 6.35. The third-order valence-electron chi connectivity index (χ3n) is 4.01. The molecule has 0 amide bonds. The molecule has 3 rings (SSSR count). The zero-order valence-corrected chi connectivity index (χ0v) is 12.4. The lowest BCUT2D eigenvalue weighted by atomic mass is 9.96. The molecular weight excluding hydrogens is 299 g/mol. The van der Waals surface area contributed by atoms with Crippen molar-refractivity contribution < 1.29 is 9.90 Å². The lowest BCUT2D eigenvalue weighted by Gasteiger charge is -2.12. The Bertz CT molecular complexity index is 644. The maximum atomic E-state index is 11.4. The molecule has 1 aliphatic rings. The SMILES string of the molecule is CC1CC(C(=O)O)C(c2nc3cc(Cl)c(Cl)cc3[nH]2)C1. The molecule has 106 valence electrons. The summed E-state index contributed by atoms with van der Waals surface area (Å²) in [6.07, 6.45) is 1.52. The highest BCUT2D eigenvalue weighted by Crippen LogP contribution is 2.42. The molecule has 3 unspecified atom stereocenters. The number of fused-ring (bicyclic) bond motifs is 1. The molecule has 20 heavy (non-hydrogen) atoms. The molecule has 4 nitrogen and oxygen atoms in total. The van der Waals surface area contributed by atoms with E-state index in [1.165, 1.54) is 0 Å². The Morgan fingerprint density at radius 3 is 2.75 bits per heavy atom. The van der Waals surface area contributed by atoms with E-state index in [0.29, 0.717) is 22.4 Å². The number of carboxylic acid groups (broad SMARTS) is 1. The third kappa shape index (κ3) is 2.27. The quantitative estimate of drug-likeness (QED) is 0.878. The number of halogens is 2. The van der Waals surface area contributed by atoms with Crippen molar-refractivity contribution >= 4 is 40.2 Å². The van der Waals surface area contributed by atoms with Gasteiger partial charge >= 0.3 is 5.97 Å². The van der Waals surface area contributed by atoms with Crippen LogP contribution in [0.5, 0.6) is 0 Å². The van der Waals surface area contributed by atoms with Gasteiger partial charge in [-0.1, -0.05) is 30.1 Å². The second-order valence-electron chi connectivity index (χ2n) is 5.53. The zero-order chi connectivity index (χ0) is 14.4. The Morgan fingerprint density at radius 1 is 1.35 bits per heavy atom. The first-order chi connectivity index (χ1) is 9.45. The van der Waals surface area contributed by atoms with Crippen molar-refractivity contribution in [2.45, 2.75) is 25.7 Å². The number of benzene rings is 1. The van der Waals surface area contributed by atoms with E-state index in [2.05, 4.69) is 16.9 Å². The molecule has 1 saturated carbocycles. The van der Waals surface area contributed by atoms with Crippen LogP contribution in [0.25, 0.3) is 11.0 Å². The maximum Gasteiger partial charge on any atom is 0.307 e. The number of nitrogens with zero attached hydrogens (tertiary/aromatic N) is 1. The zero-order valence-electron chi connectivity index (χ0n) is 10.9. The Balaban J connectivity index is 2.03. The Morgan fingerprint density at radius 2 is 2.05 bits per heavy atom. The number of hydrogen-bond donors (Lipinski definition) is 2. The average molecular weight is 313 g/mol. The van der Waals surface area contributed by atoms with E-state index in [9.17, 15) is 9.90 Å². The lowest BCUT2D eigenvalue weighted by molar-refractivity contribution is -0.142. The predicted molar refractivity (Wildman–Crippen MR) is 78.4 cm³/mol. The normalized spacial score (nSPS) is 26.2. The van der Waals surface area contributed by atoms with Crippen molar-refractivity contribution in [2.24, 2.45) is 11.8 Å². The molecule has 0 aliphatic heterocycles. The number of imidazole rings is 1. The van der Waals surface area contributed by atoms with E-state index in [1.54, 1.807) is 12.1 Å². The fourth-order valence-corrected chi connectivity index (χ4v) is 3.39. The molecule has 1 aromatic carbocycles. The van der Waals surface area contributed by atoms with Crippen molar-refractivity contribution in [1.82, 2.24) is 9.97 Å². The molecule has 0 spiro atoms. The second kappa shape index (κ2) is 4.93. The standard InChI is InChI=1S/C14H14Cl2N2O2/c1-6-2-7(8(3-6)14(19)20)13-17-11-4-9(15)10(16)5-12(11)18-13/h4-8H,2-3H2,1H3,(H,17,18)(H,19,20). The van der Waals surface area contributed by atoms with E-state index in [0.717, 1.165) is 23.3 Å². The molecule has 1 aromatic heterocycles. The maximum absolute atomic E-state index is 11.4. The number of aliphatic carboxylic acids is 1. The summed E-state index contributed by atoms with van der Waals surface area (Å²) >= 11 is 12.0. The van der Waals surface area contributed by atoms with Crippen LogP contribution in [-0.4, -0.2) is 21.0 Å². The summed E-state index contributed by atoms with van der Waals surface area (Å²) in [4.78, 5) is 19.1. The number of H-pyrrole nitrogens is 1. The number of nitrogens with one attached hydrogen (secondary N) is 1. The molecule has 0 radical (unpaired) electrons. The highest BCUT2D eigenvalue weighted by atomic mass is 35.5. The number of aromatic amines is 1. The predicted octanol–water partition coefficient (Wildman–Crippen LogP) is 4.08. The Labute approximate surface area is 126 Å². The van der Waals surface area contributed by atoms with Gasteiger partial charge in [-0.3, -0.25) is 4.79 Å². The summed E-state index contributed by atoms with van der Waals surface area (Å²) in [6.45, 7) is 2.08. The minimum absolute atomic E-state index is 0.0764. The van der Waals surface area contributed by atoms with Crippen LogP contribution in [0, 0.1) is 11.8 Å². The van der Waals surface area contributed by atoms with Crippen LogP contribution in [0.2, 0.25) is 10.0 Å². The highest BCUT2D eigenvalue weighted by Gasteiger charge is 2.39. The number of aromatic nitrogens is 2. The lowest BCUT2D eigenvalue weighted by Crippen LogP contribution is -2.17. The first-order valence-corrected chi connectivity index (χ1v) is 7.28. The van der Waals surface area contributed by atoms with E-state index in [1.807, 2.05) is 0 Å². The molecule has 6 heteroatoms. The minimum atomic E-state index is -0.754. The van der Waals surface area contributed by atoms with E-state index < -0.39 is 5.97 Å². The van der Waals surface area contributed by atoms with Crippen LogP contribution in [0.4, 0.5) is 0 Å². The van der Waals surface area contributed by atoms with Gasteiger partial charge in [-0.25, -0.2) is 4.98 Å². The van der Waals surface area contributed by atoms with Gasteiger partial charge in [0.05, 0.1) is 27.0 Å². The number of hydrogen-bond acceptors (Lipinski definition) is 2. The fourth-order valence-electron chi connectivity index (χ4n) is 3.07. The van der Waals surface area contributed by atoms with Crippen LogP contribution in [0.15, 0.2) is 12.1 Å². The van der Waals surface area contributed by atoms with Gasteiger partial charge in [0, 0.05) is 5.92 Å². The summed E-state index contributed by atoms with van der Waals surface area (Å²) in [7, 11) is 0. The first-order valence-electron chi connectivity index (χ1n) is 6.53.